The lowest BCUT2D eigenvalue weighted by Gasteiger charge is -2.33. The Kier molecular flexibility index (Phi) is 24.6. The predicted molar refractivity (Wildman–Crippen MR) is 192 cm³/mol. The van der Waals surface area contributed by atoms with E-state index >= 15 is 0 Å². The van der Waals surface area contributed by atoms with Gasteiger partial charge in [-0.15, -0.1) is 0 Å². The van der Waals surface area contributed by atoms with Gasteiger partial charge in [0.2, 0.25) is 0 Å². The molecule has 1 unspecified atom stereocenters. The van der Waals surface area contributed by atoms with Crippen molar-refractivity contribution in [3.8, 4) is 0 Å². The molecule has 248 valence electrons. The van der Waals surface area contributed by atoms with Gasteiger partial charge in [0, 0.05) is 25.5 Å². The van der Waals surface area contributed by atoms with E-state index in [1.807, 2.05) is 0 Å². The van der Waals surface area contributed by atoms with Crippen LogP contribution in [0.4, 0.5) is 0 Å². The van der Waals surface area contributed by atoms with E-state index in [0.29, 0.717) is 6.17 Å². The fourth-order valence-corrected chi connectivity index (χ4v) is 6.90. The molecule has 0 aliphatic carbocycles. The summed E-state index contributed by atoms with van der Waals surface area (Å²) >= 11 is 0. The maximum Gasteiger partial charge on any atom is 0.101 e. The fourth-order valence-electron chi connectivity index (χ4n) is 6.90. The molecule has 2 nitrogen and oxygen atoms in total. The van der Waals surface area contributed by atoms with Crippen molar-refractivity contribution in [3.05, 3.63) is 48.3 Å². The molecule has 2 heteroatoms. The SMILES string of the molecule is CCCCCCCCCCCCCCCCC1N(CCCCCCCCCCCCCCC)C=CN1Cc1ccccc1. The van der Waals surface area contributed by atoms with Gasteiger partial charge in [-0.25, -0.2) is 0 Å². The molecule has 0 bridgehead atoms. The van der Waals surface area contributed by atoms with Gasteiger partial charge in [0.1, 0.15) is 6.17 Å². The van der Waals surface area contributed by atoms with Gasteiger partial charge in [-0.3, -0.25) is 0 Å². The molecule has 2 rings (SSSR count). The van der Waals surface area contributed by atoms with Gasteiger partial charge >= 0.3 is 0 Å². The Morgan fingerprint density at radius 3 is 1.23 bits per heavy atom. The van der Waals surface area contributed by atoms with Gasteiger partial charge < -0.3 is 9.80 Å². The van der Waals surface area contributed by atoms with Crippen LogP contribution >= 0.6 is 0 Å². The first kappa shape index (κ1) is 37.7. The highest BCUT2D eigenvalue weighted by atomic mass is 15.4. The average Bonchev–Trinajstić information content (AvgIpc) is 3.40. The Morgan fingerprint density at radius 1 is 0.419 bits per heavy atom. The summed E-state index contributed by atoms with van der Waals surface area (Å²) < 4.78 is 0. The van der Waals surface area contributed by atoms with Crippen LogP contribution < -0.4 is 0 Å². The van der Waals surface area contributed by atoms with E-state index in [1.54, 1.807) is 0 Å². The van der Waals surface area contributed by atoms with E-state index in [1.165, 1.54) is 192 Å². The Labute approximate surface area is 270 Å². The molecule has 0 aromatic heterocycles. The average molecular weight is 595 g/mol. The van der Waals surface area contributed by atoms with Crippen LogP contribution in [0.15, 0.2) is 42.7 Å². The van der Waals surface area contributed by atoms with E-state index in [9.17, 15) is 0 Å². The van der Waals surface area contributed by atoms with Crippen molar-refractivity contribution < 1.29 is 0 Å². The largest absolute Gasteiger partial charge is 0.356 e. The molecule has 0 spiro atoms. The molecule has 0 amide bonds. The zero-order chi connectivity index (χ0) is 30.5. The predicted octanol–water partition coefficient (Wildman–Crippen LogP) is 13.6. The van der Waals surface area contributed by atoms with Crippen LogP contribution in [0.1, 0.15) is 199 Å². The Bertz CT molecular complexity index is 728. The molecular weight excluding hydrogens is 520 g/mol. The molecule has 0 saturated heterocycles. The topological polar surface area (TPSA) is 6.48 Å². The minimum Gasteiger partial charge on any atom is -0.356 e. The zero-order valence-electron chi connectivity index (χ0n) is 29.2. The zero-order valence-corrected chi connectivity index (χ0v) is 29.2. The minimum absolute atomic E-state index is 0.551. The third-order valence-electron chi connectivity index (χ3n) is 9.76. The summed E-state index contributed by atoms with van der Waals surface area (Å²) in [4.78, 5) is 5.28. The van der Waals surface area contributed by atoms with Crippen molar-refractivity contribution in [1.29, 1.82) is 0 Å². The van der Waals surface area contributed by atoms with Gasteiger partial charge in [0.05, 0.1) is 0 Å². The maximum atomic E-state index is 2.67. The monoisotopic (exact) mass is 595 g/mol. The lowest BCUT2D eigenvalue weighted by atomic mass is 10.0. The Balaban J connectivity index is 1.54. The van der Waals surface area contributed by atoms with Crippen LogP contribution in [0.3, 0.4) is 0 Å². The van der Waals surface area contributed by atoms with Crippen LogP contribution in [-0.2, 0) is 6.54 Å². The van der Waals surface area contributed by atoms with Crippen LogP contribution in [-0.4, -0.2) is 22.5 Å². The highest BCUT2D eigenvalue weighted by molar-refractivity contribution is 5.16. The lowest BCUT2D eigenvalue weighted by molar-refractivity contribution is 0.132. The number of unbranched alkanes of at least 4 members (excludes halogenated alkanes) is 25. The molecule has 0 N–H and O–H groups in total. The van der Waals surface area contributed by atoms with Gasteiger partial charge in [0.25, 0.3) is 0 Å². The summed E-state index contributed by atoms with van der Waals surface area (Å²) in [6.45, 7) is 6.88. The van der Waals surface area contributed by atoms with Crippen molar-refractivity contribution in [3.63, 3.8) is 0 Å². The third-order valence-corrected chi connectivity index (χ3v) is 9.76. The smallest absolute Gasteiger partial charge is 0.101 e. The summed E-state index contributed by atoms with van der Waals surface area (Å²) in [5.74, 6) is 0. The van der Waals surface area contributed by atoms with E-state index in [0.717, 1.165) is 6.54 Å². The highest BCUT2D eigenvalue weighted by Crippen LogP contribution is 2.25. The molecule has 1 aromatic rings. The number of hydrogen-bond acceptors (Lipinski definition) is 2. The summed E-state index contributed by atoms with van der Waals surface area (Å²) in [5.41, 5.74) is 1.43. The van der Waals surface area contributed by atoms with Gasteiger partial charge in [-0.05, 0) is 24.8 Å². The summed E-state index contributed by atoms with van der Waals surface area (Å²) in [7, 11) is 0. The van der Waals surface area contributed by atoms with Crippen molar-refractivity contribution in [1.82, 2.24) is 9.80 Å². The molecule has 1 aliphatic rings. The van der Waals surface area contributed by atoms with Crippen LogP contribution in [0, 0.1) is 0 Å². The van der Waals surface area contributed by atoms with Crippen LogP contribution in [0.5, 0.6) is 0 Å². The van der Waals surface area contributed by atoms with Crippen molar-refractivity contribution in [2.24, 2.45) is 0 Å². The maximum absolute atomic E-state index is 2.67. The summed E-state index contributed by atoms with van der Waals surface area (Å²) in [6.07, 6.45) is 45.3. The quantitative estimate of drug-likeness (QED) is 0.0789. The van der Waals surface area contributed by atoms with Gasteiger partial charge in [-0.1, -0.05) is 205 Å². The lowest BCUT2D eigenvalue weighted by Crippen LogP contribution is -2.38. The molecular formula is C41H74N2. The molecule has 0 fully saturated rings. The molecule has 1 heterocycles. The Hall–Kier alpha value is -1.44. The molecule has 43 heavy (non-hydrogen) atoms. The van der Waals surface area contributed by atoms with E-state index < -0.39 is 0 Å². The fraction of sp³-hybridized carbons (Fsp3) is 0.805. The third kappa shape index (κ3) is 20.3. The highest BCUT2D eigenvalue weighted by Gasteiger charge is 2.25. The second-order valence-electron chi connectivity index (χ2n) is 13.8. The molecule has 1 aromatic carbocycles. The second-order valence-corrected chi connectivity index (χ2v) is 13.8. The number of hydrogen-bond donors (Lipinski definition) is 0. The van der Waals surface area contributed by atoms with Crippen molar-refractivity contribution in [2.45, 2.75) is 206 Å². The first-order chi connectivity index (χ1) is 21.3. The number of rotatable bonds is 31. The van der Waals surface area contributed by atoms with E-state index in [4.69, 9.17) is 0 Å². The number of benzene rings is 1. The van der Waals surface area contributed by atoms with Gasteiger partial charge in [-0.2, -0.15) is 0 Å². The van der Waals surface area contributed by atoms with Gasteiger partial charge in [0.15, 0.2) is 0 Å². The molecule has 0 saturated carbocycles. The Morgan fingerprint density at radius 2 is 0.791 bits per heavy atom. The van der Waals surface area contributed by atoms with Crippen LogP contribution in [0.25, 0.3) is 0 Å². The molecule has 0 radical (unpaired) electrons. The van der Waals surface area contributed by atoms with Crippen molar-refractivity contribution >= 4 is 0 Å². The van der Waals surface area contributed by atoms with E-state index in [2.05, 4.69) is 66.4 Å². The molecule has 1 aliphatic heterocycles. The first-order valence-electron chi connectivity index (χ1n) is 19.6. The normalized spacial score (nSPS) is 14.8. The second kappa shape index (κ2) is 28.1. The number of nitrogens with zero attached hydrogens (tertiary/aromatic N) is 2. The first-order valence-corrected chi connectivity index (χ1v) is 19.6. The van der Waals surface area contributed by atoms with Crippen LogP contribution in [0.2, 0.25) is 0 Å². The van der Waals surface area contributed by atoms with Crippen molar-refractivity contribution in [2.75, 3.05) is 6.54 Å². The van der Waals surface area contributed by atoms with E-state index in [-0.39, 0.29) is 0 Å². The minimum atomic E-state index is 0.551. The standard InChI is InChI=1S/C41H74N2/c1-3-5-7-9-11-13-15-17-18-20-22-24-26-31-35-41-42(37-38-43(41)39-40-33-29-28-30-34-40)36-32-27-25-23-21-19-16-14-12-10-8-6-4-2/h28-30,33-34,37-38,41H,3-27,31-32,35-36,39H2,1-2H3. The molecule has 1 atom stereocenters. The summed E-state index contributed by atoms with van der Waals surface area (Å²) in [5, 5.41) is 0. The summed E-state index contributed by atoms with van der Waals surface area (Å²) in [6, 6.07) is 11.1.